The second-order valence-electron chi connectivity index (χ2n) is 7.77. The lowest BCUT2D eigenvalue weighted by Crippen LogP contribution is -2.48. The number of rotatable bonds is 6. The van der Waals surface area contributed by atoms with Crippen molar-refractivity contribution < 1.29 is 12.8 Å². The van der Waals surface area contributed by atoms with E-state index in [4.69, 9.17) is 4.42 Å². The molecular formula is C22H26N4O3S. The lowest BCUT2D eigenvalue weighted by molar-refractivity contribution is 0.168. The zero-order valence-corrected chi connectivity index (χ0v) is 18.0. The van der Waals surface area contributed by atoms with E-state index in [-0.39, 0.29) is 0 Å². The van der Waals surface area contributed by atoms with E-state index in [1.165, 1.54) is 0 Å². The van der Waals surface area contributed by atoms with Gasteiger partial charge in [0.2, 0.25) is 21.8 Å². The second-order valence-corrected chi connectivity index (χ2v) is 9.71. The summed E-state index contributed by atoms with van der Waals surface area (Å²) in [6.07, 6.45) is 0. The fourth-order valence-electron chi connectivity index (χ4n) is 3.51. The molecule has 0 spiro atoms. The van der Waals surface area contributed by atoms with Crippen LogP contribution in [-0.4, -0.2) is 54.0 Å². The third-order valence-corrected chi connectivity index (χ3v) is 7.28. The van der Waals surface area contributed by atoms with E-state index >= 15 is 0 Å². The van der Waals surface area contributed by atoms with E-state index in [1.807, 2.05) is 42.5 Å². The number of benzene rings is 2. The van der Waals surface area contributed by atoms with Crippen molar-refractivity contribution in [2.75, 3.05) is 26.2 Å². The number of aromatic nitrogens is 2. The average Bonchev–Trinajstić information content (AvgIpc) is 3.23. The maximum atomic E-state index is 13.0. The van der Waals surface area contributed by atoms with Gasteiger partial charge in [-0.3, -0.25) is 4.90 Å². The molecule has 0 atom stereocenters. The highest BCUT2D eigenvalue weighted by Gasteiger charge is 2.29. The Morgan fingerprint density at radius 3 is 2.23 bits per heavy atom. The Balaban J connectivity index is 1.36. The minimum Gasteiger partial charge on any atom is -0.419 e. The summed E-state index contributed by atoms with van der Waals surface area (Å²) in [6, 6.07) is 16.9. The lowest BCUT2D eigenvalue weighted by Gasteiger charge is -2.33. The third-order valence-electron chi connectivity index (χ3n) is 5.36. The highest BCUT2D eigenvalue weighted by molar-refractivity contribution is 7.89. The van der Waals surface area contributed by atoms with Gasteiger partial charge in [-0.25, -0.2) is 8.42 Å². The van der Waals surface area contributed by atoms with Crippen LogP contribution in [0.1, 0.15) is 31.2 Å². The maximum Gasteiger partial charge on any atom is 0.247 e. The van der Waals surface area contributed by atoms with Crippen LogP contribution >= 0.6 is 0 Å². The van der Waals surface area contributed by atoms with E-state index in [0.29, 0.717) is 55.3 Å². The molecule has 0 bridgehead atoms. The molecule has 1 aliphatic heterocycles. The molecule has 7 nitrogen and oxygen atoms in total. The third kappa shape index (κ3) is 4.45. The molecule has 8 heteroatoms. The van der Waals surface area contributed by atoms with Crippen LogP contribution in [0, 0.1) is 0 Å². The molecule has 158 valence electrons. The molecule has 3 aromatic rings. The smallest absolute Gasteiger partial charge is 0.247 e. The van der Waals surface area contributed by atoms with Crippen molar-refractivity contribution >= 4 is 10.0 Å². The summed E-state index contributed by atoms with van der Waals surface area (Å²) in [7, 11) is -3.48. The molecule has 30 heavy (non-hydrogen) atoms. The number of hydrogen-bond acceptors (Lipinski definition) is 6. The maximum absolute atomic E-state index is 13.0. The minimum absolute atomic E-state index is 0.352. The van der Waals surface area contributed by atoms with E-state index in [0.717, 1.165) is 11.1 Å². The van der Waals surface area contributed by atoms with Crippen molar-refractivity contribution in [1.82, 2.24) is 19.4 Å². The zero-order valence-electron chi connectivity index (χ0n) is 17.2. The molecular weight excluding hydrogens is 400 g/mol. The Bertz CT molecular complexity index is 1070. The second kappa shape index (κ2) is 8.67. The molecule has 4 rings (SSSR count). The molecule has 1 saturated heterocycles. The molecule has 1 aliphatic rings. The number of sulfonamides is 1. The van der Waals surface area contributed by atoms with Gasteiger partial charge >= 0.3 is 0 Å². The van der Waals surface area contributed by atoms with Crippen LogP contribution in [0.3, 0.4) is 0 Å². The van der Waals surface area contributed by atoms with Gasteiger partial charge in [-0.15, -0.1) is 10.2 Å². The van der Waals surface area contributed by atoms with Crippen molar-refractivity contribution in [3.05, 3.63) is 66.1 Å². The normalized spacial score (nSPS) is 16.2. The molecule has 0 N–H and O–H groups in total. The van der Waals surface area contributed by atoms with Crippen LogP contribution in [0.25, 0.3) is 11.5 Å². The van der Waals surface area contributed by atoms with Crippen LogP contribution in [-0.2, 0) is 16.6 Å². The zero-order chi connectivity index (χ0) is 21.1. The van der Waals surface area contributed by atoms with Gasteiger partial charge in [-0.1, -0.05) is 44.2 Å². The molecule has 0 radical (unpaired) electrons. The van der Waals surface area contributed by atoms with Gasteiger partial charge in [0.25, 0.3) is 0 Å². The van der Waals surface area contributed by atoms with Crippen molar-refractivity contribution in [3.63, 3.8) is 0 Å². The monoisotopic (exact) mass is 426 g/mol. The molecule has 2 heterocycles. The summed E-state index contributed by atoms with van der Waals surface area (Å²) in [5.74, 6) is 1.41. The van der Waals surface area contributed by atoms with Gasteiger partial charge in [-0.05, 0) is 35.7 Å². The first-order chi connectivity index (χ1) is 14.4. The molecule has 0 unspecified atom stereocenters. The van der Waals surface area contributed by atoms with E-state index < -0.39 is 10.0 Å². The first kappa shape index (κ1) is 20.7. The molecule has 2 aromatic carbocycles. The number of nitrogens with zero attached hydrogens (tertiary/aromatic N) is 4. The Morgan fingerprint density at radius 1 is 0.933 bits per heavy atom. The summed E-state index contributed by atoms with van der Waals surface area (Å²) >= 11 is 0. The summed E-state index contributed by atoms with van der Waals surface area (Å²) < 4.78 is 33.2. The summed E-state index contributed by atoms with van der Waals surface area (Å²) in [6.45, 7) is 6.81. The number of hydrogen-bond donors (Lipinski definition) is 0. The standard InChI is InChI=1S/C22H26N4O3S/c1-17(2)18-8-10-20(11-9-18)30(27,28)26-14-12-25(13-15-26)16-21-23-24-22(29-21)19-6-4-3-5-7-19/h3-11,17H,12-16H2,1-2H3. The Labute approximate surface area is 177 Å². The highest BCUT2D eigenvalue weighted by Crippen LogP contribution is 2.22. The van der Waals surface area contributed by atoms with Gasteiger partial charge < -0.3 is 4.42 Å². The number of piperazine rings is 1. The Morgan fingerprint density at radius 2 is 1.60 bits per heavy atom. The van der Waals surface area contributed by atoms with Crippen molar-refractivity contribution in [2.24, 2.45) is 0 Å². The molecule has 0 amide bonds. The fraction of sp³-hybridized carbons (Fsp3) is 0.364. The van der Waals surface area contributed by atoms with E-state index in [1.54, 1.807) is 16.4 Å². The molecule has 0 aliphatic carbocycles. The summed E-state index contributed by atoms with van der Waals surface area (Å²) in [5, 5.41) is 8.25. The lowest BCUT2D eigenvalue weighted by atomic mass is 10.0. The summed E-state index contributed by atoms with van der Waals surface area (Å²) in [5.41, 5.74) is 2.02. The van der Waals surface area contributed by atoms with Crippen molar-refractivity contribution in [3.8, 4) is 11.5 Å². The Hall–Kier alpha value is -2.55. The highest BCUT2D eigenvalue weighted by atomic mass is 32.2. The molecule has 0 saturated carbocycles. The van der Waals surface area contributed by atoms with Crippen LogP contribution in [0.4, 0.5) is 0 Å². The average molecular weight is 427 g/mol. The van der Waals surface area contributed by atoms with Gasteiger partial charge in [0.1, 0.15) is 0 Å². The first-order valence-corrected chi connectivity index (χ1v) is 11.6. The topological polar surface area (TPSA) is 79.5 Å². The Kier molecular flexibility index (Phi) is 5.99. The largest absolute Gasteiger partial charge is 0.419 e. The van der Waals surface area contributed by atoms with Gasteiger partial charge in [-0.2, -0.15) is 4.31 Å². The van der Waals surface area contributed by atoms with Crippen LogP contribution < -0.4 is 0 Å². The van der Waals surface area contributed by atoms with Crippen molar-refractivity contribution in [2.45, 2.75) is 31.2 Å². The van der Waals surface area contributed by atoms with Gasteiger partial charge in [0.05, 0.1) is 11.4 Å². The van der Waals surface area contributed by atoms with Crippen LogP contribution in [0.2, 0.25) is 0 Å². The van der Waals surface area contributed by atoms with E-state index in [2.05, 4.69) is 28.9 Å². The summed E-state index contributed by atoms with van der Waals surface area (Å²) in [4.78, 5) is 2.49. The predicted molar refractivity (Wildman–Crippen MR) is 114 cm³/mol. The molecule has 1 fully saturated rings. The van der Waals surface area contributed by atoms with Gasteiger partial charge in [0, 0.05) is 31.7 Å². The minimum atomic E-state index is -3.48. The van der Waals surface area contributed by atoms with E-state index in [9.17, 15) is 8.42 Å². The molecule has 1 aromatic heterocycles. The van der Waals surface area contributed by atoms with Crippen LogP contribution in [0.5, 0.6) is 0 Å². The van der Waals surface area contributed by atoms with Crippen LogP contribution in [0.15, 0.2) is 63.9 Å². The quantitative estimate of drug-likeness (QED) is 0.601. The SMILES string of the molecule is CC(C)c1ccc(S(=O)(=O)N2CCN(Cc3nnc(-c4ccccc4)o3)CC2)cc1. The van der Waals surface area contributed by atoms with Gasteiger partial charge in [0.15, 0.2) is 0 Å². The fourth-order valence-corrected chi connectivity index (χ4v) is 4.93. The predicted octanol–water partition coefficient (Wildman–Crippen LogP) is 3.37. The van der Waals surface area contributed by atoms with Crippen molar-refractivity contribution in [1.29, 1.82) is 0 Å². The first-order valence-electron chi connectivity index (χ1n) is 10.1.